The molecule has 0 bridgehead atoms. The van der Waals surface area contributed by atoms with E-state index in [0.717, 1.165) is 38.5 Å². The highest BCUT2D eigenvalue weighted by Crippen LogP contribution is 2.31. The molecule has 39 nitrogen and oxygen atoms in total. The van der Waals surface area contributed by atoms with Crippen molar-refractivity contribution >= 4 is 58.9 Å². The van der Waals surface area contributed by atoms with Crippen molar-refractivity contribution in [1.82, 2.24) is 52.8 Å². The van der Waals surface area contributed by atoms with Gasteiger partial charge < -0.3 is 146 Å². The zero-order valence-corrected chi connectivity index (χ0v) is 72.2. The summed E-state index contributed by atoms with van der Waals surface area (Å²) in [5, 5.41) is 127. The molecule has 4 rings (SSSR count). The van der Waals surface area contributed by atoms with Gasteiger partial charge in [0.1, 0.15) is 84.4 Å². The molecule has 4 aliphatic heterocycles. The number of amides is 9. The van der Waals surface area contributed by atoms with E-state index in [1.165, 1.54) is 20.8 Å². The first-order valence-electron chi connectivity index (χ1n) is 43.7. The highest BCUT2D eigenvalue weighted by atomic mass is 16.7. The second-order valence-corrected chi connectivity index (χ2v) is 33.3. The Kier molecular flexibility index (Phi) is 53.9. The first-order valence-corrected chi connectivity index (χ1v) is 43.7. The van der Waals surface area contributed by atoms with Crippen LogP contribution in [0.25, 0.3) is 0 Å². The smallest absolute Gasteiger partial charge is 0.222 e. The fourth-order valence-electron chi connectivity index (χ4n) is 14.4. The first kappa shape index (κ1) is 107. The average Bonchev–Trinajstić information content (AvgIpc) is 1.57. The Balaban J connectivity index is 1.30. The lowest BCUT2D eigenvalue weighted by Crippen LogP contribution is -2.64. The molecular formula is C82H148N10O29. The summed E-state index contributed by atoms with van der Waals surface area (Å²) in [6.45, 7) is 11.3. The minimum Gasteiger partial charge on any atom is -0.394 e. The van der Waals surface area contributed by atoms with E-state index in [9.17, 15) is 99.0 Å². The van der Waals surface area contributed by atoms with E-state index in [4.69, 9.17) is 42.6 Å². The van der Waals surface area contributed by atoms with E-state index in [1.807, 2.05) is 4.90 Å². The van der Waals surface area contributed by atoms with Gasteiger partial charge in [0.05, 0.1) is 59.0 Å². The number of rotatable bonds is 65. The number of ketones is 1. The molecule has 19 N–H and O–H groups in total. The quantitative estimate of drug-likeness (QED) is 0.0291. The van der Waals surface area contributed by atoms with Crippen molar-refractivity contribution in [3.05, 3.63) is 0 Å². The van der Waals surface area contributed by atoms with Crippen molar-refractivity contribution in [2.75, 3.05) is 125 Å². The van der Waals surface area contributed by atoms with Gasteiger partial charge in [-0.15, -0.1) is 0 Å². The number of unbranched alkanes of at least 4 members (excludes halogenated alkanes) is 9. The Labute approximate surface area is 712 Å². The molecule has 0 aromatic heterocycles. The Bertz CT molecular complexity index is 2880. The average molecular weight is 1740 g/mol. The van der Waals surface area contributed by atoms with Gasteiger partial charge in [0.15, 0.2) is 18.9 Å². The van der Waals surface area contributed by atoms with E-state index in [1.54, 1.807) is 0 Å². The highest BCUT2D eigenvalue weighted by Gasteiger charge is 2.48. The third-order valence-electron chi connectivity index (χ3n) is 21.2. The Morgan fingerprint density at radius 3 is 1.18 bits per heavy atom. The van der Waals surface area contributed by atoms with Gasteiger partial charge in [-0.3, -0.25) is 47.9 Å². The number of hydrogen-bond acceptors (Lipinski definition) is 30. The molecule has 18 atom stereocenters. The van der Waals surface area contributed by atoms with Crippen LogP contribution in [0.4, 0.5) is 0 Å². The SMILES string of the molecule is CC(=O)NC1C(OCCCCC(=O)NCCCCC(=O)CCOCC(COCCCNCCCNC(=O)CCCCOC2OC(CO)C(O)C(O)C2NC(C)=O)(COCCC(=O)NCCCNC(=O)CCCCOC2OC(CO)C(O)C(O)C2NC(C)=O)NC(=O)CCCCCCCCC(=O)N2C[C@@H](O)C[C@H]2CCC(C)(C)C)OC(CO)C(O)C1O. The summed E-state index contributed by atoms with van der Waals surface area (Å²) in [5.41, 5.74) is -1.18. The zero-order valence-electron chi connectivity index (χ0n) is 72.2. The standard InChI is InChI=1S/C82H148N10O29/c1-54(96)88-69-75(110)72(107)60(48-93)119-78(69)116-41-18-14-25-63(101)84-36-17-13-24-58(99)31-44-114-52-82(91-67(105)28-11-9-7-8-10-12-29-68(106)92-47-59(100)46-57(92)30-33-81(4,5)6,51-113-40-23-35-83-34-21-37-85-64(102)26-15-19-42-117-79-70(89-55(2)97)76(111)73(108)61(49-94)120-79)53-115-45-32-66(104)87-39-22-38-86-65(103)27-16-20-43-118-80-71(90-56(3)98)77(112)74(109)62(50-95)121-80/h57,59-62,69-80,83,93-95,100,107-112H,7-53H2,1-6H3,(H,84,101)(H,85,102)(H,86,103)(H,87,104)(H,88,96)(H,89,97)(H,90,98)(H,91,105)/t57-,59+,60?,61?,62?,69?,70?,71?,72?,73?,74?,75?,76?,77?,78?,79?,80?,82?/m1/s1. The molecule has 0 spiro atoms. The van der Waals surface area contributed by atoms with E-state index in [-0.39, 0.29) is 170 Å². The van der Waals surface area contributed by atoms with Crippen LogP contribution in [-0.2, 0) is 90.6 Å². The number of β-amino-alcohol motifs (C(OH)–C–C–N with tert-alkyl or cyclic N) is 1. The molecule has 121 heavy (non-hydrogen) atoms. The van der Waals surface area contributed by atoms with Gasteiger partial charge in [0.25, 0.3) is 0 Å². The van der Waals surface area contributed by atoms with Gasteiger partial charge >= 0.3 is 0 Å². The molecular weight excluding hydrogens is 1590 g/mol. The predicted molar refractivity (Wildman–Crippen MR) is 437 cm³/mol. The number of Topliss-reactive ketones (excluding diaryl/α,β-unsaturated/α-hetero) is 1. The second kappa shape index (κ2) is 60.7. The van der Waals surface area contributed by atoms with Crippen LogP contribution >= 0.6 is 0 Å². The zero-order chi connectivity index (χ0) is 89.1. The van der Waals surface area contributed by atoms with Gasteiger partial charge in [0.2, 0.25) is 53.2 Å². The Morgan fingerprint density at radius 1 is 0.388 bits per heavy atom. The number of ether oxygens (including phenoxy) is 9. The lowest BCUT2D eigenvalue weighted by molar-refractivity contribution is -0.270. The Hall–Kier alpha value is -5.90. The Morgan fingerprint density at radius 2 is 0.752 bits per heavy atom. The molecule has 0 aromatic carbocycles. The van der Waals surface area contributed by atoms with Crippen molar-refractivity contribution in [3.63, 3.8) is 0 Å². The number of hydrogen-bond donors (Lipinski definition) is 19. The van der Waals surface area contributed by atoms with Crippen LogP contribution in [0.15, 0.2) is 0 Å². The summed E-state index contributed by atoms with van der Waals surface area (Å²) < 4.78 is 52.7. The molecule has 0 aliphatic carbocycles. The lowest BCUT2D eigenvalue weighted by Gasteiger charge is -2.42. The van der Waals surface area contributed by atoms with Gasteiger partial charge in [-0.05, 0) is 121 Å². The highest BCUT2D eigenvalue weighted by molar-refractivity contribution is 5.80. The molecule has 16 unspecified atom stereocenters. The van der Waals surface area contributed by atoms with E-state index >= 15 is 0 Å². The van der Waals surface area contributed by atoms with Crippen LogP contribution in [-0.4, -0.2) is 350 Å². The monoisotopic (exact) mass is 1740 g/mol. The van der Waals surface area contributed by atoms with Gasteiger partial charge in [0, 0.05) is 137 Å². The third kappa shape index (κ3) is 44.2. The van der Waals surface area contributed by atoms with E-state index < -0.39 is 141 Å². The normalized spacial score (nSPS) is 25.4. The summed E-state index contributed by atoms with van der Waals surface area (Å²) in [7, 11) is 0. The molecule has 4 saturated heterocycles. The second-order valence-electron chi connectivity index (χ2n) is 33.3. The van der Waals surface area contributed by atoms with Gasteiger partial charge in [-0.25, -0.2) is 0 Å². The number of likely N-dealkylation sites (tertiary alicyclic amines) is 1. The first-order chi connectivity index (χ1) is 57.8. The van der Waals surface area contributed by atoms with Crippen molar-refractivity contribution < 1.29 is 142 Å². The minimum absolute atomic E-state index is 0.0147. The lowest BCUT2D eigenvalue weighted by atomic mass is 9.88. The van der Waals surface area contributed by atoms with Crippen molar-refractivity contribution in [3.8, 4) is 0 Å². The molecule has 0 radical (unpaired) electrons. The number of aliphatic hydroxyl groups is 10. The van der Waals surface area contributed by atoms with Crippen LogP contribution in [0.3, 0.4) is 0 Å². The fraction of sp³-hybridized carbons (Fsp3) is 0.878. The molecule has 0 aromatic rings. The summed E-state index contributed by atoms with van der Waals surface area (Å²) in [4.78, 5) is 129. The molecule has 9 amide bonds. The molecule has 4 heterocycles. The number of aliphatic hydroxyl groups excluding tert-OH is 10. The van der Waals surface area contributed by atoms with Crippen LogP contribution in [0.1, 0.15) is 221 Å². The van der Waals surface area contributed by atoms with Gasteiger partial charge in [-0.1, -0.05) is 46.5 Å². The minimum atomic E-state index is -1.45. The van der Waals surface area contributed by atoms with Crippen LogP contribution in [0.5, 0.6) is 0 Å². The van der Waals surface area contributed by atoms with Crippen molar-refractivity contribution in [2.45, 2.75) is 331 Å². The van der Waals surface area contributed by atoms with Crippen LogP contribution in [0, 0.1) is 5.41 Å². The molecule has 4 aliphatic rings. The summed E-state index contributed by atoms with van der Waals surface area (Å²) in [5.74, 6) is -2.71. The molecule has 4 fully saturated rings. The number of carbonyl (C=O) groups excluding carboxylic acids is 10. The number of carbonyl (C=O) groups is 10. The summed E-state index contributed by atoms with van der Waals surface area (Å²) >= 11 is 0. The number of nitrogens with zero attached hydrogens (tertiary/aromatic N) is 1. The maximum absolute atomic E-state index is 14.1. The number of nitrogens with one attached hydrogen (secondary N) is 9. The topological polar surface area (TPSA) is 568 Å². The summed E-state index contributed by atoms with van der Waals surface area (Å²) in [6, 6.07) is -3.21. The maximum atomic E-state index is 14.1. The third-order valence-corrected chi connectivity index (χ3v) is 21.2. The van der Waals surface area contributed by atoms with Gasteiger partial charge in [-0.2, -0.15) is 0 Å². The van der Waals surface area contributed by atoms with Crippen molar-refractivity contribution in [2.24, 2.45) is 5.41 Å². The fourth-order valence-corrected chi connectivity index (χ4v) is 14.4. The van der Waals surface area contributed by atoms with Crippen molar-refractivity contribution in [1.29, 1.82) is 0 Å². The largest absolute Gasteiger partial charge is 0.394 e. The molecule has 0 saturated carbocycles. The maximum Gasteiger partial charge on any atom is 0.222 e. The molecule has 39 heteroatoms. The van der Waals surface area contributed by atoms with E-state index in [2.05, 4.69) is 68.6 Å². The van der Waals surface area contributed by atoms with E-state index in [0.29, 0.717) is 129 Å². The summed E-state index contributed by atoms with van der Waals surface area (Å²) in [6.07, 6.45) is -2.66. The predicted octanol–water partition coefficient (Wildman–Crippen LogP) is -2.06. The van der Waals surface area contributed by atoms with Crippen LogP contribution in [0.2, 0.25) is 0 Å². The molecule has 700 valence electrons. The van der Waals surface area contributed by atoms with Crippen LogP contribution < -0.4 is 47.9 Å².